The van der Waals surface area contributed by atoms with Gasteiger partial charge in [-0.1, -0.05) is 37.3 Å². The summed E-state index contributed by atoms with van der Waals surface area (Å²) >= 11 is 0. The minimum absolute atomic E-state index is 0.259. The minimum Gasteiger partial charge on any atom is -0.480 e. The highest BCUT2D eigenvalue weighted by Crippen LogP contribution is 2.27. The molecule has 0 radical (unpaired) electrons. The summed E-state index contributed by atoms with van der Waals surface area (Å²) in [6, 6.07) is 8.43. The Morgan fingerprint density at radius 2 is 1.95 bits per heavy atom. The number of nitrogens with one attached hydrogen (secondary N) is 2. The van der Waals surface area contributed by atoms with Crippen LogP contribution in [0.4, 0.5) is 0 Å². The van der Waals surface area contributed by atoms with E-state index < -0.39 is 23.5 Å². The van der Waals surface area contributed by atoms with Crippen molar-refractivity contribution in [2.24, 2.45) is 5.73 Å². The van der Waals surface area contributed by atoms with E-state index in [1.807, 2.05) is 13.0 Å². The van der Waals surface area contributed by atoms with Crippen molar-refractivity contribution in [1.29, 1.82) is 0 Å². The van der Waals surface area contributed by atoms with Crippen LogP contribution in [0.15, 0.2) is 30.3 Å². The Hall–Kier alpha value is -1.92. The van der Waals surface area contributed by atoms with Gasteiger partial charge in [-0.05, 0) is 32.0 Å². The van der Waals surface area contributed by atoms with Crippen molar-refractivity contribution in [2.45, 2.75) is 31.3 Å². The second-order valence-electron chi connectivity index (χ2n) is 4.89. The Morgan fingerprint density at radius 1 is 1.33 bits per heavy atom. The van der Waals surface area contributed by atoms with Crippen LogP contribution in [0.25, 0.3) is 0 Å². The lowest BCUT2D eigenvalue weighted by molar-refractivity contribution is -0.146. The van der Waals surface area contributed by atoms with E-state index in [2.05, 4.69) is 10.6 Å². The molecule has 6 nitrogen and oxygen atoms in total. The first-order valence-electron chi connectivity index (χ1n) is 6.98. The third kappa shape index (κ3) is 4.03. The van der Waals surface area contributed by atoms with E-state index >= 15 is 0 Å². The number of carbonyl (C=O) groups excluding carboxylic acids is 1. The number of carboxylic acids is 1. The number of aliphatic carboxylic acids is 1. The van der Waals surface area contributed by atoms with Crippen LogP contribution < -0.4 is 16.4 Å². The quantitative estimate of drug-likeness (QED) is 0.528. The van der Waals surface area contributed by atoms with Crippen molar-refractivity contribution in [2.75, 3.05) is 13.6 Å². The second-order valence-corrected chi connectivity index (χ2v) is 4.89. The van der Waals surface area contributed by atoms with E-state index in [9.17, 15) is 14.7 Å². The summed E-state index contributed by atoms with van der Waals surface area (Å²) in [5.41, 5.74) is 4.74. The molecule has 6 heteroatoms. The van der Waals surface area contributed by atoms with Gasteiger partial charge in [0, 0.05) is 0 Å². The van der Waals surface area contributed by atoms with Crippen molar-refractivity contribution in [3.63, 3.8) is 0 Å². The fourth-order valence-electron chi connectivity index (χ4n) is 2.45. The highest BCUT2D eigenvalue weighted by atomic mass is 16.4. The molecule has 2 atom stereocenters. The highest BCUT2D eigenvalue weighted by molar-refractivity contribution is 5.82. The molecule has 21 heavy (non-hydrogen) atoms. The highest BCUT2D eigenvalue weighted by Gasteiger charge is 2.40. The van der Waals surface area contributed by atoms with Crippen LogP contribution in [0.1, 0.15) is 25.3 Å². The molecule has 0 spiro atoms. The van der Waals surface area contributed by atoms with Gasteiger partial charge in [0.1, 0.15) is 5.54 Å². The summed E-state index contributed by atoms with van der Waals surface area (Å²) in [7, 11) is 1.63. The van der Waals surface area contributed by atoms with Gasteiger partial charge < -0.3 is 16.2 Å². The molecule has 0 fully saturated rings. The van der Waals surface area contributed by atoms with Crippen molar-refractivity contribution in [1.82, 2.24) is 10.6 Å². The predicted octanol–water partition coefficient (Wildman–Crippen LogP) is 0.430. The molecule has 5 N–H and O–H groups in total. The van der Waals surface area contributed by atoms with Crippen molar-refractivity contribution in [3.8, 4) is 0 Å². The lowest BCUT2D eigenvalue weighted by Gasteiger charge is -2.32. The maximum atomic E-state index is 11.9. The predicted molar refractivity (Wildman–Crippen MR) is 80.7 cm³/mol. The van der Waals surface area contributed by atoms with Crippen LogP contribution in [0.3, 0.4) is 0 Å². The van der Waals surface area contributed by atoms with Gasteiger partial charge in [-0.2, -0.15) is 0 Å². The fourth-order valence-corrected chi connectivity index (χ4v) is 2.45. The zero-order chi connectivity index (χ0) is 15.9. The standard InChI is InChI=1S/C15H23N3O3/c1-3-18-15(14(20)21,11-7-5-4-6-8-11)10-9-12(17-2)13(16)19/h4-8,12,17-18H,3,9-10H2,1-2H3,(H2,16,19)(H,20,21). The summed E-state index contributed by atoms with van der Waals surface area (Å²) in [5.74, 6) is -1.45. The van der Waals surface area contributed by atoms with E-state index in [4.69, 9.17) is 5.73 Å². The smallest absolute Gasteiger partial charge is 0.328 e. The summed E-state index contributed by atoms with van der Waals surface area (Å²) in [5, 5.41) is 15.6. The van der Waals surface area contributed by atoms with E-state index in [1.165, 1.54) is 0 Å². The van der Waals surface area contributed by atoms with Gasteiger partial charge in [0.15, 0.2) is 0 Å². The number of benzene rings is 1. The minimum atomic E-state index is -1.22. The number of carboxylic acid groups (broad SMARTS) is 1. The van der Waals surface area contributed by atoms with Crippen LogP contribution in [0.2, 0.25) is 0 Å². The number of amides is 1. The Bertz CT molecular complexity index is 478. The van der Waals surface area contributed by atoms with E-state index in [0.29, 0.717) is 18.5 Å². The summed E-state index contributed by atoms with van der Waals surface area (Å²) in [6.07, 6.45) is 0.592. The number of rotatable bonds is 9. The van der Waals surface area contributed by atoms with Gasteiger partial charge >= 0.3 is 5.97 Å². The van der Waals surface area contributed by atoms with Crippen molar-refractivity contribution < 1.29 is 14.7 Å². The van der Waals surface area contributed by atoms with Crippen LogP contribution >= 0.6 is 0 Å². The number of likely N-dealkylation sites (N-methyl/N-ethyl adjacent to an activating group) is 2. The Balaban J connectivity index is 3.07. The number of hydrogen-bond donors (Lipinski definition) is 4. The number of primary amides is 1. The Labute approximate surface area is 124 Å². The third-order valence-corrected chi connectivity index (χ3v) is 3.61. The summed E-state index contributed by atoms with van der Waals surface area (Å²) in [4.78, 5) is 23.2. The molecule has 0 aliphatic carbocycles. The number of hydrogen-bond acceptors (Lipinski definition) is 4. The molecule has 2 unspecified atom stereocenters. The van der Waals surface area contributed by atoms with Gasteiger partial charge in [-0.25, -0.2) is 4.79 Å². The maximum Gasteiger partial charge on any atom is 0.328 e. The molecule has 1 amide bonds. The maximum absolute atomic E-state index is 11.9. The molecular weight excluding hydrogens is 270 g/mol. The van der Waals surface area contributed by atoms with E-state index in [0.717, 1.165) is 0 Å². The molecule has 116 valence electrons. The van der Waals surface area contributed by atoms with Gasteiger partial charge in [0.05, 0.1) is 6.04 Å². The summed E-state index contributed by atoms with van der Waals surface area (Å²) in [6.45, 7) is 2.35. The molecule has 0 bridgehead atoms. The Kier molecular flexibility index (Phi) is 6.33. The third-order valence-electron chi connectivity index (χ3n) is 3.61. The first-order valence-corrected chi connectivity index (χ1v) is 6.98. The first-order chi connectivity index (χ1) is 9.97. The normalized spacial score (nSPS) is 15.1. The topological polar surface area (TPSA) is 104 Å². The first kappa shape index (κ1) is 17.1. The SMILES string of the molecule is CCNC(CCC(NC)C(N)=O)(C(=O)O)c1ccccc1. The molecule has 0 aliphatic rings. The molecule has 0 aliphatic heterocycles. The monoisotopic (exact) mass is 293 g/mol. The molecule has 1 aromatic rings. The summed E-state index contributed by atoms with van der Waals surface area (Å²) < 4.78 is 0. The molecule has 0 saturated carbocycles. The second kappa shape index (κ2) is 7.75. The van der Waals surface area contributed by atoms with Crippen LogP contribution in [0.5, 0.6) is 0 Å². The van der Waals surface area contributed by atoms with Crippen LogP contribution in [0, 0.1) is 0 Å². The van der Waals surface area contributed by atoms with Gasteiger partial charge in [-0.15, -0.1) is 0 Å². The van der Waals surface area contributed by atoms with Gasteiger partial charge in [0.2, 0.25) is 5.91 Å². The lowest BCUT2D eigenvalue weighted by Crippen LogP contribution is -2.51. The average Bonchev–Trinajstić information content (AvgIpc) is 2.47. The average molecular weight is 293 g/mol. The Morgan fingerprint density at radius 3 is 2.38 bits per heavy atom. The van der Waals surface area contributed by atoms with E-state index in [1.54, 1.807) is 31.3 Å². The molecular formula is C15H23N3O3. The van der Waals surface area contributed by atoms with E-state index in [-0.39, 0.29) is 6.42 Å². The zero-order valence-electron chi connectivity index (χ0n) is 12.4. The van der Waals surface area contributed by atoms with Crippen molar-refractivity contribution in [3.05, 3.63) is 35.9 Å². The fraction of sp³-hybridized carbons (Fsp3) is 0.467. The molecule has 1 rings (SSSR count). The largest absolute Gasteiger partial charge is 0.480 e. The lowest BCUT2D eigenvalue weighted by atomic mass is 9.84. The van der Waals surface area contributed by atoms with Gasteiger partial charge in [-0.3, -0.25) is 10.1 Å². The van der Waals surface area contributed by atoms with Crippen LogP contribution in [-0.4, -0.2) is 36.6 Å². The molecule has 0 aromatic heterocycles. The van der Waals surface area contributed by atoms with Crippen molar-refractivity contribution >= 4 is 11.9 Å². The van der Waals surface area contributed by atoms with Gasteiger partial charge in [0.25, 0.3) is 0 Å². The molecule has 0 saturated heterocycles. The zero-order valence-corrected chi connectivity index (χ0v) is 12.4. The van der Waals surface area contributed by atoms with Crippen LogP contribution in [-0.2, 0) is 15.1 Å². The number of nitrogens with two attached hydrogens (primary N) is 1. The molecule has 0 heterocycles. The number of carbonyl (C=O) groups is 2. The molecule has 1 aromatic carbocycles.